The van der Waals surface area contributed by atoms with E-state index in [4.69, 9.17) is 5.26 Å². The maximum absolute atomic E-state index is 11.0. The lowest BCUT2D eigenvalue weighted by molar-refractivity contribution is 0.593. The Morgan fingerprint density at radius 1 is 1.69 bits per heavy atom. The Kier molecular flexibility index (Phi) is 2.50. The number of rotatable bonds is 3. The van der Waals surface area contributed by atoms with E-state index < -0.39 is 10.2 Å². The normalized spacial score (nSPS) is 10.8. The van der Waals surface area contributed by atoms with Gasteiger partial charge >= 0.3 is 0 Å². The summed E-state index contributed by atoms with van der Waals surface area (Å²) in [5.41, 5.74) is 0.138. The van der Waals surface area contributed by atoms with E-state index in [-0.39, 0.29) is 11.4 Å². The molecular weight excluding hydrogens is 194 g/mol. The molecule has 8 heteroatoms. The summed E-state index contributed by atoms with van der Waals surface area (Å²) in [5.74, 6) is 0.0526. The second-order valence-electron chi connectivity index (χ2n) is 2.08. The van der Waals surface area contributed by atoms with Gasteiger partial charge in [-0.15, -0.1) is 0 Å². The van der Waals surface area contributed by atoms with Gasteiger partial charge in [-0.3, -0.25) is 9.82 Å². The lowest BCUT2D eigenvalue weighted by Gasteiger charge is -2.02. The molecule has 0 aromatic carbocycles. The number of H-pyrrole nitrogens is 1. The molecule has 0 fully saturated rings. The molecule has 0 aliphatic carbocycles. The van der Waals surface area contributed by atoms with Gasteiger partial charge in [-0.2, -0.15) is 18.8 Å². The van der Waals surface area contributed by atoms with Crippen molar-refractivity contribution in [1.82, 2.24) is 14.9 Å². The quantitative estimate of drug-likeness (QED) is 0.591. The Morgan fingerprint density at radius 2 is 2.38 bits per heavy atom. The summed E-state index contributed by atoms with van der Waals surface area (Å²) in [7, 11) is -2.34. The number of hydrogen-bond donors (Lipinski definition) is 3. The maximum Gasteiger partial charge on any atom is 0.300 e. The summed E-state index contributed by atoms with van der Waals surface area (Å²) in [6.45, 7) is 0. The summed E-state index contributed by atoms with van der Waals surface area (Å²) in [4.78, 5) is 0. The Labute approximate surface area is 74.9 Å². The zero-order valence-corrected chi connectivity index (χ0v) is 7.51. The average molecular weight is 201 g/mol. The summed E-state index contributed by atoms with van der Waals surface area (Å²) in [6.07, 6.45) is 1.23. The molecule has 0 unspecified atom stereocenters. The first-order chi connectivity index (χ1) is 6.09. The molecule has 3 N–H and O–H groups in total. The summed E-state index contributed by atoms with van der Waals surface area (Å²) in [6, 6.07) is 1.77. The smallest absolute Gasteiger partial charge is 0.261 e. The fourth-order valence-corrected chi connectivity index (χ4v) is 1.16. The van der Waals surface area contributed by atoms with Gasteiger partial charge in [0, 0.05) is 7.05 Å². The van der Waals surface area contributed by atoms with Crippen LogP contribution in [0.3, 0.4) is 0 Å². The van der Waals surface area contributed by atoms with Gasteiger partial charge in [-0.05, 0) is 0 Å². The van der Waals surface area contributed by atoms with Crippen molar-refractivity contribution in [1.29, 1.82) is 5.26 Å². The van der Waals surface area contributed by atoms with Crippen molar-refractivity contribution >= 4 is 16.0 Å². The van der Waals surface area contributed by atoms with Crippen molar-refractivity contribution in [2.24, 2.45) is 0 Å². The van der Waals surface area contributed by atoms with Crippen molar-refractivity contribution in [3.63, 3.8) is 0 Å². The molecule has 0 aliphatic heterocycles. The highest BCUT2D eigenvalue weighted by atomic mass is 32.2. The molecule has 7 nitrogen and oxygen atoms in total. The molecule has 0 radical (unpaired) electrons. The highest BCUT2D eigenvalue weighted by molar-refractivity contribution is 7.90. The van der Waals surface area contributed by atoms with E-state index >= 15 is 0 Å². The fraction of sp³-hybridized carbons (Fsp3) is 0.200. The average Bonchev–Trinajstić information content (AvgIpc) is 2.51. The minimum atomic E-state index is -3.60. The van der Waals surface area contributed by atoms with Crippen molar-refractivity contribution in [3.05, 3.63) is 11.8 Å². The molecule has 0 spiro atoms. The second kappa shape index (κ2) is 3.42. The molecule has 1 rings (SSSR count). The number of hydrogen-bond acceptors (Lipinski definition) is 4. The van der Waals surface area contributed by atoms with Crippen LogP contribution in [0.4, 0.5) is 5.82 Å². The van der Waals surface area contributed by atoms with Crippen LogP contribution in [0.15, 0.2) is 6.20 Å². The monoisotopic (exact) mass is 201 g/mol. The van der Waals surface area contributed by atoms with E-state index in [1.165, 1.54) is 13.2 Å². The molecule has 70 valence electrons. The van der Waals surface area contributed by atoms with Crippen molar-refractivity contribution < 1.29 is 8.42 Å². The number of anilines is 1. The molecule has 0 bridgehead atoms. The minimum Gasteiger partial charge on any atom is -0.261 e. The van der Waals surface area contributed by atoms with Gasteiger partial charge in [0.25, 0.3) is 10.2 Å². The summed E-state index contributed by atoms with van der Waals surface area (Å²) in [5, 5.41) is 14.4. The van der Waals surface area contributed by atoms with Crippen LogP contribution in [0.5, 0.6) is 0 Å². The van der Waals surface area contributed by atoms with E-state index in [1.54, 1.807) is 6.07 Å². The molecule has 1 aromatic heterocycles. The van der Waals surface area contributed by atoms with E-state index in [2.05, 4.69) is 14.9 Å². The van der Waals surface area contributed by atoms with E-state index in [1.807, 2.05) is 4.72 Å². The van der Waals surface area contributed by atoms with Crippen LogP contribution in [-0.4, -0.2) is 25.7 Å². The predicted molar refractivity (Wildman–Crippen MR) is 44.9 cm³/mol. The second-order valence-corrected chi connectivity index (χ2v) is 3.70. The van der Waals surface area contributed by atoms with Gasteiger partial charge in [0.2, 0.25) is 0 Å². The fourth-order valence-electron chi connectivity index (χ4n) is 0.634. The lowest BCUT2D eigenvalue weighted by atomic mass is 10.4. The van der Waals surface area contributed by atoms with E-state index in [0.717, 1.165) is 0 Å². The van der Waals surface area contributed by atoms with Gasteiger partial charge < -0.3 is 0 Å². The van der Waals surface area contributed by atoms with Crippen LogP contribution in [0.2, 0.25) is 0 Å². The van der Waals surface area contributed by atoms with Crippen LogP contribution in [0.1, 0.15) is 5.56 Å². The maximum atomic E-state index is 11.0. The van der Waals surface area contributed by atoms with Crippen LogP contribution in [0, 0.1) is 11.3 Å². The van der Waals surface area contributed by atoms with Crippen LogP contribution < -0.4 is 9.44 Å². The van der Waals surface area contributed by atoms with Gasteiger partial charge in [0.05, 0.1) is 6.20 Å². The molecule has 13 heavy (non-hydrogen) atoms. The number of aromatic nitrogens is 2. The third-order valence-electron chi connectivity index (χ3n) is 1.26. The Bertz CT molecular complexity index is 428. The predicted octanol–water partition coefficient (Wildman–Crippen LogP) is -0.843. The third kappa shape index (κ3) is 2.17. The highest BCUT2D eigenvalue weighted by Gasteiger charge is 2.11. The summed E-state index contributed by atoms with van der Waals surface area (Å²) >= 11 is 0. The molecule has 0 saturated carbocycles. The van der Waals surface area contributed by atoms with Crippen molar-refractivity contribution in [2.45, 2.75) is 0 Å². The molecule has 1 heterocycles. The van der Waals surface area contributed by atoms with Crippen molar-refractivity contribution in [3.8, 4) is 6.07 Å². The SMILES string of the molecule is CNS(=O)(=O)Nc1[nH]ncc1C#N. The Balaban J connectivity index is 2.94. The van der Waals surface area contributed by atoms with E-state index in [0.29, 0.717) is 0 Å². The molecule has 0 atom stereocenters. The molecule has 0 amide bonds. The first kappa shape index (κ1) is 9.50. The Morgan fingerprint density at radius 3 is 2.92 bits per heavy atom. The zero-order chi connectivity index (χ0) is 9.90. The van der Waals surface area contributed by atoms with Crippen LogP contribution in [-0.2, 0) is 10.2 Å². The number of nitrogens with one attached hydrogen (secondary N) is 3. The van der Waals surface area contributed by atoms with Gasteiger partial charge in [-0.1, -0.05) is 0 Å². The van der Waals surface area contributed by atoms with Gasteiger partial charge in [0.15, 0.2) is 5.82 Å². The summed E-state index contributed by atoms with van der Waals surface area (Å²) < 4.78 is 26.0. The van der Waals surface area contributed by atoms with Crippen LogP contribution in [0.25, 0.3) is 0 Å². The third-order valence-corrected chi connectivity index (χ3v) is 2.28. The largest absolute Gasteiger partial charge is 0.300 e. The molecule has 0 aliphatic rings. The highest BCUT2D eigenvalue weighted by Crippen LogP contribution is 2.09. The lowest BCUT2D eigenvalue weighted by Crippen LogP contribution is -2.26. The first-order valence-corrected chi connectivity index (χ1v) is 4.72. The van der Waals surface area contributed by atoms with E-state index in [9.17, 15) is 8.42 Å². The standard InChI is InChI=1S/C5H7N5O2S/c1-7-13(11,12)10-5-4(2-6)3-8-9-5/h3,7H,1H3,(H2,8,9,10). The minimum absolute atomic E-state index is 0.0526. The number of aromatic amines is 1. The van der Waals surface area contributed by atoms with Crippen molar-refractivity contribution in [2.75, 3.05) is 11.8 Å². The topological polar surface area (TPSA) is 111 Å². The number of nitrogens with zero attached hydrogens (tertiary/aromatic N) is 2. The van der Waals surface area contributed by atoms with Crippen LogP contribution >= 0.6 is 0 Å². The first-order valence-electron chi connectivity index (χ1n) is 3.24. The molecule has 1 aromatic rings. The van der Waals surface area contributed by atoms with Gasteiger partial charge in [-0.25, -0.2) is 4.72 Å². The molecule has 0 saturated heterocycles. The Hall–Kier alpha value is -1.59. The number of nitriles is 1. The zero-order valence-electron chi connectivity index (χ0n) is 6.70. The van der Waals surface area contributed by atoms with Gasteiger partial charge in [0.1, 0.15) is 11.6 Å². The molecular formula is C5H7N5O2S.